The van der Waals surface area contributed by atoms with Crippen molar-refractivity contribution in [3.8, 4) is 10.8 Å². The number of benzene rings is 1. The maximum absolute atomic E-state index is 12.7. The fourth-order valence-electron chi connectivity index (χ4n) is 2.95. The lowest BCUT2D eigenvalue weighted by Gasteiger charge is -2.33. The summed E-state index contributed by atoms with van der Waals surface area (Å²) in [6, 6.07) is 11.5. The van der Waals surface area contributed by atoms with Crippen LogP contribution in [0.15, 0.2) is 52.5 Å². The van der Waals surface area contributed by atoms with Crippen molar-refractivity contribution in [2.45, 2.75) is 12.5 Å². The quantitative estimate of drug-likeness (QED) is 0.672. The van der Waals surface area contributed by atoms with E-state index in [1.807, 2.05) is 46.7 Å². The molecule has 0 bridgehead atoms. The minimum absolute atomic E-state index is 0.0198. The van der Waals surface area contributed by atoms with E-state index in [0.29, 0.717) is 36.3 Å². The molecule has 1 amide bonds. The fraction of sp³-hybridized carbons (Fsp3) is 0.263. The first-order chi connectivity index (χ1) is 12.7. The summed E-state index contributed by atoms with van der Waals surface area (Å²) in [7, 11) is 0. The summed E-state index contributed by atoms with van der Waals surface area (Å²) in [6.45, 7) is 1.59. The van der Waals surface area contributed by atoms with Gasteiger partial charge in [-0.2, -0.15) is 0 Å². The summed E-state index contributed by atoms with van der Waals surface area (Å²) >= 11 is 7.62. The van der Waals surface area contributed by atoms with Gasteiger partial charge in [-0.1, -0.05) is 29.8 Å². The number of nitrogens with zero attached hydrogens (tertiary/aromatic N) is 2. The van der Waals surface area contributed by atoms with Gasteiger partial charge in [0.25, 0.3) is 0 Å². The van der Waals surface area contributed by atoms with Gasteiger partial charge in [-0.25, -0.2) is 4.98 Å². The molecular formula is C19H17ClN2O3S. The van der Waals surface area contributed by atoms with Gasteiger partial charge in [0.15, 0.2) is 0 Å². The molecule has 1 aliphatic rings. The molecule has 5 nitrogen and oxygen atoms in total. The number of oxazole rings is 1. The normalized spacial score (nSPS) is 17.4. The second kappa shape index (κ2) is 7.61. The van der Waals surface area contributed by atoms with Crippen molar-refractivity contribution in [3.05, 3.63) is 64.3 Å². The monoisotopic (exact) mass is 388 g/mol. The molecule has 0 radical (unpaired) electrons. The number of amides is 1. The second-order valence-corrected chi connectivity index (χ2v) is 7.44. The molecule has 3 heterocycles. The van der Waals surface area contributed by atoms with Gasteiger partial charge in [0.1, 0.15) is 12.4 Å². The van der Waals surface area contributed by atoms with Crippen LogP contribution < -0.4 is 0 Å². The first kappa shape index (κ1) is 17.3. The number of ether oxygens (including phenoxy) is 1. The SMILES string of the molecule is O=C(Cc1coc(-c2cccs2)n1)N1CCOC(c2cccc(Cl)c2)C1. The molecule has 0 saturated carbocycles. The van der Waals surface area contributed by atoms with Crippen LogP contribution in [0.2, 0.25) is 5.02 Å². The second-order valence-electron chi connectivity index (χ2n) is 6.05. The average molecular weight is 389 g/mol. The maximum atomic E-state index is 12.7. The predicted octanol–water partition coefficient (Wildman–Crippen LogP) is 4.20. The summed E-state index contributed by atoms with van der Waals surface area (Å²) in [5.74, 6) is 0.577. The van der Waals surface area contributed by atoms with Crippen molar-refractivity contribution in [2.24, 2.45) is 0 Å². The van der Waals surface area contributed by atoms with Crippen molar-refractivity contribution in [1.82, 2.24) is 9.88 Å². The number of aromatic nitrogens is 1. The van der Waals surface area contributed by atoms with E-state index in [4.69, 9.17) is 20.8 Å². The third-order valence-electron chi connectivity index (χ3n) is 4.26. The highest BCUT2D eigenvalue weighted by molar-refractivity contribution is 7.13. The van der Waals surface area contributed by atoms with E-state index in [1.54, 1.807) is 17.6 Å². The van der Waals surface area contributed by atoms with Crippen LogP contribution in [-0.2, 0) is 16.0 Å². The minimum Gasteiger partial charge on any atom is -0.444 e. The standard InChI is InChI=1S/C19H17ClN2O3S/c20-14-4-1-3-13(9-14)16-11-22(6-7-24-16)18(23)10-15-12-25-19(21-15)17-5-2-8-26-17/h1-5,8-9,12,16H,6-7,10-11H2. The highest BCUT2D eigenvalue weighted by Crippen LogP contribution is 2.26. The molecule has 7 heteroatoms. The molecular weight excluding hydrogens is 372 g/mol. The molecule has 26 heavy (non-hydrogen) atoms. The molecule has 1 atom stereocenters. The largest absolute Gasteiger partial charge is 0.444 e. The van der Waals surface area contributed by atoms with Crippen LogP contribution in [0.5, 0.6) is 0 Å². The Balaban J connectivity index is 1.41. The van der Waals surface area contributed by atoms with Gasteiger partial charge < -0.3 is 14.1 Å². The molecule has 1 fully saturated rings. The number of thiophene rings is 1. The Morgan fingerprint density at radius 1 is 1.35 bits per heavy atom. The molecule has 134 valence electrons. The zero-order valence-electron chi connectivity index (χ0n) is 13.9. The number of hydrogen-bond acceptors (Lipinski definition) is 5. The van der Waals surface area contributed by atoms with E-state index in [-0.39, 0.29) is 18.4 Å². The third-order valence-corrected chi connectivity index (χ3v) is 5.35. The van der Waals surface area contributed by atoms with Crippen molar-refractivity contribution in [2.75, 3.05) is 19.7 Å². The third kappa shape index (κ3) is 3.82. The summed E-state index contributed by atoms with van der Waals surface area (Å²) in [6.07, 6.45) is 1.62. The fourth-order valence-corrected chi connectivity index (χ4v) is 3.81. The number of carbonyl (C=O) groups is 1. The van der Waals surface area contributed by atoms with Crippen LogP contribution >= 0.6 is 22.9 Å². The van der Waals surface area contributed by atoms with E-state index >= 15 is 0 Å². The van der Waals surface area contributed by atoms with Gasteiger partial charge in [0.2, 0.25) is 11.8 Å². The van der Waals surface area contributed by atoms with Crippen LogP contribution in [0.3, 0.4) is 0 Å². The van der Waals surface area contributed by atoms with Crippen LogP contribution in [0, 0.1) is 0 Å². The Kier molecular flexibility index (Phi) is 5.06. The Morgan fingerprint density at radius 3 is 3.08 bits per heavy atom. The first-order valence-electron chi connectivity index (χ1n) is 8.32. The van der Waals surface area contributed by atoms with Gasteiger partial charge in [0.05, 0.1) is 30.1 Å². The topological polar surface area (TPSA) is 55.6 Å². The van der Waals surface area contributed by atoms with Gasteiger partial charge in [-0.3, -0.25) is 4.79 Å². The molecule has 2 aromatic heterocycles. The molecule has 1 aliphatic heterocycles. The smallest absolute Gasteiger partial charge is 0.236 e. The van der Waals surface area contributed by atoms with E-state index in [9.17, 15) is 4.79 Å². The predicted molar refractivity (Wildman–Crippen MR) is 100 cm³/mol. The summed E-state index contributed by atoms with van der Waals surface area (Å²) in [5, 5.41) is 2.63. The number of carbonyl (C=O) groups excluding carboxylic acids is 1. The van der Waals surface area contributed by atoms with Gasteiger partial charge in [-0.15, -0.1) is 11.3 Å². The highest BCUT2D eigenvalue weighted by atomic mass is 35.5. The molecule has 4 rings (SSSR count). The van der Waals surface area contributed by atoms with Gasteiger partial charge in [0, 0.05) is 11.6 Å². The molecule has 0 N–H and O–H groups in total. The van der Waals surface area contributed by atoms with Crippen LogP contribution in [-0.4, -0.2) is 35.5 Å². The average Bonchev–Trinajstić information content (AvgIpc) is 3.33. The molecule has 3 aromatic rings. The zero-order valence-corrected chi connectivity index (χ0v) is 15.5. The van der Waals surface area contributed by atoms with Gasteiger partial charge >= 0.3 is 0 Å². The van der Waals surface area contributed by atoms with Crippen molar-refractivity contribution in [1.29, 1.82) is 0 Å². The van der Waals surface area contributed by atoms with Crippen LogP contribution in [0.25, 0.3) is 10.8 Å². The lowest BCUT2D eigenvalue weighted by atomic mass is 10.1. The summed E-state index contributed by atoms with van der Waals surface area (Å²) in [4.78, 5) is 19.9. The van der Waals surface area contributed by atoms with Gasteiger partial charge in [-0.05, 0) is 29.1 Å². The number of hydrogen-bond donors (Lipinski definition) is 0. The first-order valence-corrected chi connectivity index (χ1v) is 9.58. The lowest BCUT2D eigenvalue weighted by Crippen LogP contribution is -2.43. The molecule has 0 aliphatic carbocycles. The van der Waals surface area contributed by atoms with Crippen LogP contribution in [0.4, 0.5) is 0 Å². The van der Waals surface area contributed by atoms with Crippen LogP contribution in [0.1, 0.15) is 17.4 Å². The molecule has 0 spiro atoms. The lowest BCUT2D eigenvalue weighted by molar-refractivity contribution is -0.138. The van der Waals surface area contributed by atoms with Crippen molar-refractivity contribution in [3.63, 3.8) is 0 Å². The Morgan fingerprint density at radius 2 is 2.27 bits per heavy atom. The zero-order chi connectivity index (χ0) is 17.9. The van der Waals surface area contributed by atoms with E-state index in [0.717, 1.165) is 10.4 Å². The number of rotatable bonds is 4. The summed E-state index contributed by atoms with van der Waals surface area (Å²) < 4.78 is 11.3. The molecule has 1 unspecified atom stereocenters. The molecule has 1 saturated heterocycles. The summed E-state index contributed by atoms with van der Waals surface area (Å²) in [5.41, 5.74) is 1.63. The van der Waals surface area contributed by atoms with E-state index in [2.05, 4.69) is 4.98 Å². The number of halogens is 1. The van der Waals surface area contributed by atoms with Crippen molar-refractivity contribution >= 4 is 28.8 Å². The Hall–Kier alpha value is -2.15. The molecule has 1 aromatic carbocycles. The highest BCUT2D eigenvalue weighted by Gasteiger charge is 2.26. The number of morpholine rings is 1. The minimum atomic E-state index is -0.162. The Labute approximate surface area is 160 Å². The van der Waals surface area contributed by atoms with E-state index in [1.165, 1.54) is 0 Å². The maximum Gasteiger partial charge on any atom is 0.236 e. The Bertz CT molecular complexity index is 894. The van der Waals surface area contributed by atoms with Crippen molar-refractivity contribution < 1.29 is 13.9 Å². The van der Waals surface area contributed by atoms with E-state index < -0.39 is 0 Å².